The van der Waals surface area contributed by atoms with Gasteiger partial charge in [-0.15, -0.1) is 0 Å². The summed E-state index contributed by atoms with van der Waals surface area (Å²) in [5.74, 6) is -0.219. The van der Waals surface area contributed by atoms with E-state index in [0.29, 0.717) is 56.3 Å². The SMILES string of the molecule is CCOC(=O)C1=C(C)NC2=C(C(=O)c3ccccc32)[C@H]1c1ccc(OCc2ccc(Cl)c(Cl)c2)c(OCC)c1. The highest BCUT2D eigenvalue weighted by molar-refractivity contribution is 6.42. The maximum absolute atomic E-state index is 13.7. The van der Waals surface area contributed by atoms with Gasteiger partial charge in [0.2, 0.25) is 0 Å². The number of Topliss-reactive ketones (excluding diaryl/α,β-unsaturated/α-hetero) is 1. The van der Waals surface area contributed by atoms with Gasteiger partial charge in [-0.25, -0.2) is 4.79 Å². The zero-order valence-electron chi connectivity index (χ0n) is 21.8. The number of dihydropyridines is 1. The number of hydrogen-bond donors (Lipinski definition) is 1. The number of rotatable bonds is 8. The van der Waals surface area contributed by atoms with E-state index in [1.54, 1.807) is 31.2 Å². The van der Waals surface area contributed by atoms with Crippen LogP contribution in [-0.4, -0.2) is 25.0 Å². The van der Waals surface area contributed by atoms with Gasteiger partial charge in [-0.2, -0.15) is 0 Å². The van der Waals surface area contributed by atoms with E-state index in [1.165, 1.54) is 0 Å². The van der Waals surface area contributed by atoms with Crippen molar-refractivity contribution >= 4 is 40.7 Å². The van der Waals surface area contributed by atoms with Crippen molar-refractivity contribution in [3.63, 3.8) is 0 Å². The van der Waals surface area contributed by atoms with Crippen molar-refractivity contribution in [1.29, 1.82) is 0 Å². The molecule has 2 aliphatic rings. The van der Waals surface area contributed by atoms with Crippen molar-refractivity contribution < 1.29 is 23.8 Å². The Morgan fingerprint density at radius 2 is 1.67 bits per heavy atom. The van der Waals surface area contributed by atoms with Gasteiger partial charge in [0.05, 0.1) is 34.5 Å². The van der Waals surface area contributed by atoms with E-state index in [4.69, 9.17) is 37.4 Å². The van der Waals surface area contributed by atoms with Crippen LogP contribution in [0.5, 0.6) is 11.5 Å². The van der Waals surface area contributed by atoms with E-state index >= 15 is 0 Å². The topological polar surface area (TPSA) is 73.9 Å². The number of carbonyl (C=O) groups is 2. The fraction of sp³-hybridized carbons (Fsp3) is 0.226. The molecule has 5 rings (SSSR count). The molecular weight excluding hydrogens is 537 g/mol. The normalized spacial score (nSPS) is 16.0. The third-order valence-electron chi connectivity index (χ3n) is 6.72. The van der Waals surface area contributed by atoms with Crippen LogP contribution >= 0.6 is 23.2 Å². The average molecular weight is 564 g/mol. The standard InChI is InChI=1S/C31H27Cl2NO5/c1-4-37-25-15-19(11-13-24(25)39-16-18-10-12-22(32)23(33)14-18)27-26(31(36)38-5-2)17(3)34-29-20-8-6-7-9-21(20)30(35)28(27)29/h6-15,27,34H,4-5,16H2,1-3H3/t27-/m0/s1. The summed E-state index contributed by atoms with van der Waals surface area (Å²) in [5.41, 5.74) is 5.24. The number of esters is 1. The smallest absolute Gasteiger partial charge is 0.336 e. The second kappa shape index (κ2) is 11.2. The Morgan fingerprint density at radius 1 is 0.897 bits per heavy atom. The maximum atomic E-state index is 13.7. The van der Waals surface area contributed by atoms with Gasteiger partial charge in [0, 0.05) is 28.3 Å². The van der Waals surface area contributed by atoms with Crippen molar-refractivity contribution in [1.82, 2.24) is 5.32 Å². The molecule has 0 aromatic heterocycles. The van der Waals surface area contributed by atoms with Gasteiger partial charge in [-0.3, -0.25) is 4.79 Å². The van der Waals surface area contributed by atoms with Crippen LogP contribution in [-0.2, 0) is 16.1 Å². The summed E-state index contributed by atoms with van der Waals surface area (Å²) < 4.78 is 17.5. The van der Waals surface area contributed by atoms with Crippen LogP contribution in [0.15, 0.2) is 77.5 Å². The molecule has 0 unspecified atom stereocenters. The third kappa shape index (κ3) is 5.02. The highest BCUT2D eigenvalue weighted by Crippen LogP contribution is 2.48. The number of benzene rings is 3. The van der Waals surface area contributed by atoms with Crippen molar-refractivity contribution in [2.45, 2.75) is 33.3 Å². The number of nitrogens with one attached hydrogen (secondary N) is 1. The monoisotopic (exact) mass is 563 g/mol. The average Bonchev–Trinajstić information content (AvgIpc) is 3.20. The lowest BCUT2D eigenvalue weighted by Crippen LogP contribution is -2.29. The molecular formula is C31H27Cl2NO5. The molecule has 3 aromatic carbocycles. The van der Waals surface area contributed by atoms with E-state index in [9.17, 15) is 9.59 Å². The van der Waals surface area contributed by atoms with Crippen molar-refractivity contribution in [2.24, 2.45) is 0 Å². The lowest BCUT2D eigenvalue weighted by molar-refractivity contribution is -0.138. The van der Waals surface area contributed by atoms with E-state index < -0.39 is 11.9 Å². The first-order valence-corrected chi connectivity index (χ1v) is 13.5. The van der Waals surface area contributed by atoms with Crippen LogP contribution in [0.1, 0.15) is 53.7 Å². The number of halogens is 2. The molecule has 6 nitrogen and oxygen atoms in total. The van der Waals surface area contributed by atoms with Crippen LogP contribution in [0.2, 0.25) is 10.0 Å². The Labute approximate surface area is 237 Å². The maximum Gasteiger partial charge on any atom is 0.336 e. The molecule has 8 heteroatoms. The molecule has 0 saturated carbocycles. The van der Waals surface area contributed by atoms with Crippen molar-refractivity contribution in [3.8, 4) is 11.5 Å². The van der Waals surface area contributed by atoms with E-state index in [1.807, 2.05) is 50.2 Å². The lowest BCUT2D eigenvalue weighted by atomic mass is 9.79. The van der Waals surface area contributed by atoms with Crippen LogP contribution in [0, 0.1) is 0 Å². The minimum atomic E-state index is -0.650. The molecule has 1 aliphatic carbocycles. The first-order chi connectivity index (χ1) is 18.8. The van der Waals surface area contributed by atoms with Crippen molar-refractivity contribution in [2.75, 3.05) is 13.2 Å². The molecule has 1 aliphatic heterocycles. The molecule has 200 valence electrons. The summed E-state index contributed by atoms with van der Waals surface area (Å²) in [7, 11) is 0. The molecule has 1 heterocycles. The van der Waals surface area contributed by atoms with Gasteiger partial charge in [0.15, 0.2) is 17.3 Å². The summed E-state index contributed by atoms with van der Waals surface area (Å²) in [6, 6.07) is 18.2. The highest BCUT2D eigenvalue weighted by atomic mass is 35.5. The quantitative estimate of drug-likeness (QED) is 0.294. The predicted octanol–water partition coefficient (Wildman–Crippen LogP) is 7.10. The first-order valence-electron chi connectivity index (χ1n) is 12.7. The van der Waals surface area contributed by atoms with Gasteiger partial charge in [-0.1, -0.05) is 59.6 Å². The van der Waals surface area contributed by atoms with Crippen LogP contribution < -0.4 is 14.8 Å². The van der Waals surface area contributed by atoms with Crippen LogP contribution in [0.4, 0.5) is 0 Å². The lowest BCUT2D eigenvalue weighted by Gasteiger charge is -2.29. The molecule has 0 fully saturated rings. The zero-order chi connectivity index (χ0) is 27.7. The fourth-order valence-corrected chi connectivity index (χ4v) is 5.34. The van der Waals surface area contributed by atoms with Gasteiger partial charge in [0.1, 0.15) is 6.61 Å². The van der Waals surface area contributed by atoms with Crippen LogP contribution in [0.3, 0.4) is 0 Å². The first kappa shape index (κ1) is 26.9. The van der Waals surface area contributed by atoms with Gasteiger partial charge >= 0.3 is 5.97 Å². The number of ether oxygens (including phenoxy) is 3. The fourth-order valence-electron chi connectivity index (χ4n) is 5.02. The Kier molecular flexibility index (Phi) is 7.69. The molecule has 39 heavy (non-hydrogen) atoms. The molecule has 0 saturated heterocycles. The summed E-state index contributed by atoms with van der Waals surface area (Å²) in [6.45, 7) is 6.33. The molecule has 0 spiro atoms. The zero-order valence-corrected chi connectivity index (χ0v) is 23.3. The highest BCUT2D eigenvalue weighted by Gasteiger charge is 2.43. The number of ketones is 1. The number of fused-ring (bicyclic) bond motifs is 2. The second-order valence-corrected chi connectivity index (χ2v) is 9.97. The van der Waals surface area contributed by atoms with E-state index in [2.05, 4.69) is 5.32 Å². The predicted molar refractivity (Wildman–Crippen MR) is 151 cm³/mol. The number of carbonyl (C=O) groups excluding carboxylic acids is 2. The van der Waals surface area contributed by atoms with Gasteiger partial charge < -0.3 is 19.5 Å². The molecule has 3 aromatic rings. The minimum Gasteiger partial charge on any atom is -0.490 e. The minimum absolute atomic E-state index is 0.120. The Balaban J connectivity index is 1.56. The third-order valence-corrected chi connectivity index (χ3v) is 7.46. The number of hydrogen-bond acceptors (Lipinski definition) is 6. The Hall–Kier alpha value is -3.74. The Bertz CT molecular complexity index is 1540. The van der Waals surface area contributed by atoms with Gasteiger partial charge in [-0.05, 0) is 56.2 Å². The number of allylic oxidation sites excluding steroid dienone is 2. The summed E-state index contributed by atoms with van der Waals surface area (Å²) >= 11 is 12.2. The summed E-state index contributed by atoms with van der Waals surface area (Å²) in [6.07, 6.45) is 0. The van der Waals surface area contributed by atoms with Crippen molar-refractivity contribution in [3.05, 3.63) is 110 Å². The molecule has 0 radical (unpaired) electrons. The molecule has 0 amide bonds. The largest absolute Gasteiger partial charge is 0.490 e. The summed E-state index contributed by atoms with van der Waals surface area (Å²) in [5, 5.41) is 4.23. The molecule has 1 atom stereocenters. The molecule has 0 bridgehead atoms. The second-order valence-electron chi connectivity index (χ2n) is 9.16. The van der Waals surface area contributed by atoms with E-state index in [0.717, 1.165) is 16.7 Å². The summed E-state index contributed by atoms with van der Waals surface area (Å²) in [4.78, 5) is 26.9. The Morgan fingerprint density at radius 3 is 2.38 bits per heavy atom. The van der Waals surface area contributed by atoms with Crippen LogP contribution in [0.25, 0.3) is 5.70 Å². The molecule has 1 N–H and O–H groups in total. The van der Waals surface area contributed by atoms with Gasteiger partial charge in [0.25, 0.3) is 0 Å². The van der Waals surface area contributed by atoms with E-state index in [-0.39, 0.29) is 19.0 Å².